The fourth-order valence-corrected chi connectivity index (χ4v) is 3.21. The van der Waals surface area contributed by atoms with Gasteiger partial charge in [-0.1, -0.05) is 43.1 Å². The smallest absolute Gasteiger partial charge is 0.251 e. The number of halogens is 2. The first-order valence-corrected chi connectivity index (χ1v) is 9.83. The van der Waals surface area contributed by atoms with Crippen molar-refractivity contribution in [3.05, 3.63) is 76.0 Å². The summed E-state index contributed by atoms with van der Waals surface area (Å²) in [7, 11) is 0. The molecular formula is C22H22Cl2N2O2. The average molecular weight is 417 g/mol. The second-order valence-electron chi connectivity index (χ2n) is 6.96. The van der Waals surface area contributed by atoms with Crippen molar-refractivity contribution in [3.63, 3.8) is 0 Å². The van der Waals surface area contributed by atoms with Crippen LogP contribution in [0.4, 0.5) is 5.69 Å². The number of nitrogens with one attached hydrogen (secondary N) is 2. The zero-order valence-corrected chi connectivity index (χ0v) is 17.3. The molecule has 0 unspecified atom stereocenters. The number of amides is 1. The van der Waals surface area contributed by atoms with Gasteiger partial charge in [-0.15, -0.1) is 0 Å². The third kappa shape index (κ3) is 5.54. The number of benzene rings is 2. The molecular weight excluding hydrogens is 395 g/mol. The minimum absolute atomic E-state index is 0.0736. The van der Waals surface area contributed by atoms with Crippen LogP contribution in [0, 0.1) is 5.92 Å². The van der Waals surface area contributed by atoms with E-state index < -0.39 is 0 Å². The Balaban J connectivity index is 1.64. The van der Waals surface area contributed by atoms with Gasteiger partial charge in [-0.3, -0.25) is 4.79 Å². The number of furan rings is 1. The Bertz CT molecular complexity index is 946. The number of anilines is 1. The molecule has 1 heterocycles. The maximum Gasteiger partial charge on any atom is 0.251 e. The Hall–Kier alpha value is -2.43. The molecule has 0 radical (unpaired) electrons. The molecule has 146 valence electrons. The van der Waals surface area contributed by atoms with Crippen molar-refractivity contribution in [1.29, 1.82) is 0 Å². The van der Waals surface area contributed by atoms with Gasteiger partial charge >= 0.3 is 0 Å². The summed E-state index contributed by atoms with van der Waals surface area (Å²) >= 11 is 12.1. The van der Waals surface area contributed by atoms with Crippen LogP contribution in [0.25, 0.3) is 11.3 Å². The lowest BCUT2D eigenvalue weighted by molar-refractivity contribution is 0.0949. The van der Waals surface area contributed by atoms with Crippen LogP contribution >= 0.6 is 23.2 Å². The average Bonchev–Trinajstić information content (AvgIpc) is 3.13. The van der Waals surface area contributed by atoms with Gasteiger partial charge in [0.1, 0.15) is 11.5 Å². The van der Waals surface area contributed by atoms with Gasteiger partial charge in [0, 0.05) is 33.4 Å². The minimum Gasteiger partial charge on any atom is -0.459 e. The Morgan fingerprint density at radius 1 is 1.04 bits per heavy atom. The number of carbonyl (C=O) groups is 1. The molecule has 2 aromatic carbocycles. The van der Waals surface area contributed by atoms with Crippen molar-refractivity contribution in [3.8, 4) is 11.3 Å². The molecule has 4 nitrogen and oxygen atoms in total. The Morgan fingerprint density at radius 2 is 1.79 bits per heavy atom. The predicted octanol–water partition coefficient (Wildman–Crippen LogP) is 6.25. The van der Waals surface area contributed by atoms with E-state index in [2.05, 4.69) is 24.5 Å². The summed E-state index contributed by atoms with van der Waals surface area (Å²) in [6, 6.07) is 16.5. The summed E-state index contributed by atoms with van der Waals surface area (Å²) < 4.78 is 5.88. The number of hydrogen-bond acceptors (Lipinski definition) is 3. The van der Waals surface area contributed by atoms with Crippen LogP contribution in [-0.2, 0) is 6.54 Å². The van der Waals surface area contributed by atoms with Crippen LogP contribution < -0.4 is 10.6 Å². The lowest BCUT2D eigenvalue weighted by atomic mass is 10.1. The molecule has 0 aliphatic heterocycles. The fourth-order valence-electron chi connectivity index (χ4n) is 2.68. The van der Waals surface area contributed by atoms with Crippen LogP contribution in [-0.4, -0.2) is 12.5 Å². The lowest BCUT2D eigenvalue weighted by Gasteiger charge is -2.09. The van der Waals surface area contributed by atoms with Crippen molar-refractivity contribution in [1.82, 2.24) is 5.32 Å². The van der Waals surface area contributed by atoms with Gasteiger partial charge in [-0.2, -0.15) is 0 Å². The molecule has 3 rings (SSSR count). The van der Waals surface area contributed by atoms with Gasteiger partial charge in [-0.05, 0) is 54.4 Å². The lowest BCUT2D eigenvalue weighted by Crippen LogP contribution is -2.27. The van der Waals surface area contributed by atoms with E-state index in [1.807, 2.05) is 42.5 Å². The maximum atomic E-state index is 12.2. The van der Waals surface area contributed by atoms with E-state index >= 15 is 0 Å². The molecule has 2 N–H and O–H groups in total. The second kappa shape index (κ2) is 9.18. The zero-order chi connectivity index (χ0) is 20.1. The zero-order valence-electron chi connectivity index (χ0n) is 15.8. The van der Waals surface area contributed by atoms with E-state index in [4.69, 9.17) is 27.6 Å². The summed E-state index contributed by atoms with van der Waals surface area (Å²) in [5.41, 5.74) is 2.30. The summed E-state index contributed by atoms with van der Waals surface area (Å²) in [6.45, 7) is 5.27. The standard InChI is InChI=1S/C22H22Cl2N2O2/c1-14(2)12-26-22(27)15-4-3-5-19(10-15)25-13-20-6-7-21(28-20)16-8-17(23)11-18(24)9-16/h3-11,14,25H,12-13H2,1-2H3,(H,26,27). The van der Waals surface area contributed by atoms with E-state index in [0.717, 1.165) is 17.0 Å². The van der Waals surface area contributed by atoms with E-state index in [1.165, 1.54) is 0 Å². The molecule has 1 aromatic heterocycles. The van der Waals surface area contributed by atoms with Crippen LogP contribution in [0.3, 0.4) is 0 Å². The van der Waals surface area contributed by atoms with Crippen molar-refractivity contribution >= 4 is 34.8 Å². The SMILES string of the molecule is CC(C)CNC(=O)c1cccc(NCc2ccc(-c3cc(Cl)cc(Cl)c3)o2)c1. The number of rotatable bonds is 7. The van der Waals surface area contributed by atoms with Crippen molar-refractivity contribution < 1.29 is 9.21 Å². The monoisotopic (exact) mass is 416 g/mol. The molecule has 3 aromatic rings. The first kappa shape index (κ1) is 20.3. The van der Waals surface area contributed by atoms with E-state index in [-0.39, 0.29) is 5.91 Å². The molecule has 0 atom stereocenters. The summed E-state index contributed by atoms with van der Waals surface area (Å²) in [6.07, 6.45) is 0. The molecule has 6 heteroatoms. The Morgan fingerprint density at radius 3 is 2.50 bits per heavy atom. The maximum absolute atomic E-state index is 12.2. The molecule has 0 aliphatic carbocycles. The molecule has 1 amide bonds. The summed E-state index contributed by atoms with van der Waals surface area (Å²) in [4.78, 5) is 12.2. The normalized spacial score (nSPS) is 10.9. The van der Waals surface area contributed by atoms with Gasteiger partial charge in [0.15, 0.2) is 0 Å². The molecule has 0 bridgehead atoms. The molecule has 0 saturated carbocycles. The molecule has 0 aliphatic rings. The van der Waals surface area contributed by atoms with Crippen LogP contribution in [0.5, 0.6) is 0 Å². The van der Waals surface area contributed by atoms with Crippen LogP contribution in [0.1, 0.15) is 30.0 Å². The topological polar surface area (TPSA) is 54.3 Å². The third-order valence-electron chi connectivity index (χ3n) is 4.07. The van der Waals surface area contributed by atoms with E-state index in [0.29, 0.717) is 40.4 Å². The van der Waals surface area contributed by atoms with Gasteiger partial charge in [0.25, 0.3) is 5.91 Å². The Labute approximate surface area is 174 Å². The Kier molecular flexibility index (Phi) is 6.65. The van der Waals surface area contributed by atoms with Crippen molar-refractivity contribution in [2.24, 2.45) is 5.92 Å². The quantitative estimate of drug-likeness (QED) is 0.478. The first-order valence-electron chi connectivity index (χ1n) is 9.08. The minimum atomic E-state index is -0.0736. The van der Waals surface area contributed by atoms with E-state index in [1.54, 1.807) is 12.1 Å². The molecule has 0 fully saturated rings. The highest BCUT2D eigenvalue weighted by Crippen LogP contribution is 2.28. The van der Waals surface area contributed by atoms with Crippen molar-refractivity contribution in [2.75, 3.05) is 11.9 Å². The van der Waals surface area contributed by atoms with Gasteiger partial charge in [0.05, 0.1) is 6.54 Å². The predicted molar refractivity (Wildman–Crippen MR) is 115 cm³/mol. The van der Waals surface area contributed by atoms with Crippen LogP contribution in [0.15, 0.2) is 59.0 Å². The summed E-state index contributed by atoms with van der Waals surface area (Å²) in [5.74, 6) is 1.80. The molecule has 0 spiro atoms. The highest BCUT2D eigenvalue weighted by atomic mass is 35.5. The third-order valence-corrected chi connectivity index (χ3v) is 4.51. The highest BCUT2D eigenvalue weighted by molar-refractivity contribution is 6.35. The van der Waals surface area contributed by atoms with Crippen LogP contribution in [0.2, 0.25) is 10.0 Å². The van der Waals surface area contributed by atoms with E-state index in [9.17, 15) is 4.79 Å². The number of carbonyl (C=O) groups excluding carboxylic acids is 1. The molecule has 0 saturated heterocycles. The van der Waals surface area contributed by atoms with Gasteiger partial charge in [-0.25, -0.2) is 0 Å². The molecule has 28 heavy (non-hydrogen) atoms. The van der Waals surface area contributed by atoms with Gasteiger partial charge < -0.3 is 15.1 Å². The first-order chi connectivity index (χ1) is 13.4. The summed E-state index contributed by atoms with van der Waals surface area (Å²) in [5, 5.41) is 7.33. The number of hydrogen-bond donors (Lipinski definition) is 2. The second-order valence-corrected chi connectivity index (χ2v) is 7.84. The van der Waals surface area contributed by atoms with Crippen molar-refractivity contribution in [2.45, 2.75) is 20.4 Å². The van der Waals surface area contributed by atoms with Gasteiger partial charge in [0.2, 0.25) is 0 Å². The highest BCUT2D eigenvalue weighted by Gasteiger charge is 2.09. The fraction of sp³-hybridized carbons (Fsp3) is 0.227. The largest absolute Gasteiger partial charge is 0.459 e.